The SMILES string of the molecule is CN(CC1CCOC1)C(=O)c1csc(Cc2ccccc2)n1. The molecule has 1 unspecified atom stereocenters. The first-order chi connectivity index (χ1) is 10.7. The summed E-state index contributed by atoms with van der Waals surface area (Å²) in [6, 6.07) is 10.2. The van der Waals surface area contributed by atoms with Gasteiger partial charge in [-0.1, -0.05) is 30.3 Å². The molecule has 1 aromatic carbocycles. The standard InChI is InChI=1S/C17H20N2O2S/c1-19(10-14-7-8-21-11-14)17(20)15-12-22-16(18-15)9-13-5-3-2-4-6-13/h2-6,12,14H,7-11H2,1H3. The molecule has 116 valence electrons. The number of aromatic nitrogens is 1. The van der Waals surface area contributed by atoms with Crippen molar-refractivity contribution in [1.29, 1.82) is 0 Å². The molecule has 5 heteroatoms. The van der Waals surface area contributed by atoms with E-state index in [0.29, 0.717) is 11.6 Å². The van der Waals surface area contributed by atoms with E-state index in [0.717, 1.165) is 37.6 Å². The van der Waals surface area contributed by atoms with Crippen LogP contribution < -0.4 is 0 Å². The number of benzene rings is 1. The third-order valence-electron chi connectivity index (χ3n) is 3.87. The zero-order valence-corrected chi connectivity index (χ0v) is 13.5. The van der Waals surface area contributed by atoms with Crippen LogP contribution in [0, 0.1) is 5.92 Å². The summed E-state index contributed by atoms with van der Waals surface area (Å²) in [5.74, 6) is 0.457. The average Bonchev–Trinajstić information content (AvgIpc) is 3.19. The molecule has 0 aliphatic carbocycles. The summed E-state index contributed by atoms with van der Waals surface area (Å²) in [6.07, 6.45) is 1.81. The van der Waals surface area contributed by atoms with Gasteiger partial charge < -0.3 is 9.64 Å². The molecule has 2 heterocycles. The Labute approximate surface area is 134 Å². The van der Waals surface area contributed by atoms with Crippen LogP contribution in [0.5, 0.6) is 0 Å². The largest absolute Gasteiger partial charge is 0.381 e. The number of rotatable bonds is 5. The maximum atomic E-state index is 12.4. The Morgan fingerprint density at radius 3 is 2.95 bits per heavy atom. The Balaban J connectivity index is 1.61. The molecule has 0 spiro atoms. The minimum absolute atomic E-state index is 0.00228. The zero-order chi connectivity index (χ0) is 15.4. The second kappa shape index (κ2) is 7.03. The van der Waals surface area contributed by atoms with Crippen molar-refractivity contribution in [3.05, 3.63) is 52.0 Å². The van der Waals surface area contributed by atoms with Crippen molar-refractivity contribution >= 4 is 17.2 Å². The summed E-state index contributed by atoms with van der Waals surface area (Å²) < 4.78 is 5.36. The lowest BCUT2D eigenvalue weighted by Gasteiger charge is -2.19. The van der Waals surface area contributed by atoms with Gasteiger partial charge in [-0.05, 0) is 12.0 Å². The van der Waals surface area contributed by atoms with Crippen LogP contribution in [-0.2, 0) is 11.2 Å². The highest BCUT2D eigenvalue weighted by molar-refractivity contribution is 7.09. The van der Waals surface area contributed by atoms with E-state index in [1.54, 1.807) is 16.2 Å². The van der Waals surface area contributed by atoms with Gasteiger partial charge >= 0.3 is 0 Å². The van der Waals surface area contributed by atoms with Gasteiger partial charge in [0.05, 0.1) is 11.6 Å². The van der Waals surface area contributed by atoms with Gasteiger partial charge in [-0.25, -0.2) is 4.98 Å². The lowest BCUT2D eigenvalue weighted by atomic mass is 10.1. The molecule has 0 saturated carbocycles. The molecule has 4 nitrogen and oxygen atoms in total. The van der Waals surface area contributed by atoms with E-state index in [1.807, 2.05) is 30.6 Å². The van der Waals surface area contributed by atoms with Gasteiger partial charge in [-0.3, -0.25) is 4.79 Å². The van der Waals surface area contributed by atoms with E-state index in [-0.39, 0.29) is 5.91 Å². The molecule has 1 amide bonds. The smallest absolute Gasteiger partial charge is 0.273 e. The molecule has 1 fully saturated rings. The fourth-order valence-corrected chi connectivity index (χ4v) is 3.46. The highest BCUT2D eigenvalue weighted by Crippen LogP contribution is 2.18. The quantitative estimate of drug-likeness (QED) is 0.852. The van der Waals surface area contributed by atoms with Crippen LogP contribution in [0.2, 0.25) is 0 Å². The molecule has 2 aromatic rings. The van der Waals surface area contributed by atoms with Crippen molar-refractivity contribution in [3.63, 3.8) is 0 Å². The lowest BCUT2D eigenvalue weighted by Crippen LogP contribution is -2.32. The first-order valence-electron chi connectivity index (χ1n) is 7.54. The average molecular weight is 316 g/mol. The lowest BCUT2D eigenvalue weighted by molar-refractivity contribution is 0.0761. The maximum absolute atomic E-state index is 12.4. The molecule has 0 N–H and O–H groups in total. The van der Waals surface area contributed by atoms with E-state index >= 15 is 0 Å². The Morgan fingerprint density at radius 2 is 2.23 bits per heavy atom. The predicted molar refractivity (Wildman–Crippen MR) is 87.2 cm³/mol. The summed E-state index contributed by atoms with van der Waals surface area (Å²) in [5.41, 5.74) is 1.77. The summed E-state index contributed by atoms with van der Waals surface area (Å²) in [4.78, 5) is 18.7. The second-order valence-corrected chi connectivity index (χ2v) is 6.65. The van der Waals surface area contributed by atoms with Crippen LogP contribution in [0.15, 0.2) is 35.7 Å². The maximum Gasteiger partial charge on any atom is 0.273 e. The van der Waals surface area contributed by atoms with Gasteiger partial charge in [0, 0.05) is 37.9 Å². The number of carbonyl (C=O) groups is 1. The van der Waals surface area contributed by atoms with Crippen molar-refractivity contribution in [2.75, 3.05) is 26.8 Å². The van der Waals surface area contributed by atoms with E-state index < -0.39 is 0 Å². The molecule has 1 aliphatic rings. The number of thiazole rings is 1. The van der Waals surface area contributed by atoms with Crippen LogP contribution in [0.3, 0.4) is 0 Å². The Morgan fingerprint density at radius 1 is 1.41 bits per heavy atom. The van der Waals surface area contributed by atoms with Gasteiger partial charge in [-0.2, -0.15) is 0 Å². The molecule has 1 atom stereocenters. The van der Waals surface area contributed by atoms with E-state index in [1.165, 1.54) is 5.56 Å². The topological polar surface area (TPSA) is 42.4 Å². The fraction of sp³-hybridized carbons (Fsp3) is 0.412. The zero-order valence-electron chi connectivity index (χ0n) is 12.7. The summed E-state index contributed by atoms with van der Waals surface area (Å²) in [5, 5.41) is 2.84. The molecule has 0 bridgehead atoms. The Bertz CT molecular complexity index is 621. The minimum Gasteiger partial charge on any atom is -0.381 e. The van der Waals surface area contributed by atoms with Gasteiger partial charge in [0.25, 0.3) is 5.91 Å². The van der Waals surface area contributed by atoms with Gasteiger partial charge in [0.15, 0.2) is 0 Å². The van der Waals surface area contributed by atoms with Gasteiger partial charge in [0.2, 0.25) is 0 Å². The number of amides is 1. The third-order valence-corrected chi connectivity index (χ3v) is 4.72. The van der Waals surface area contributed by atoms with Crippen LogP contribution >= 0.6 is 11.3 Å². The summed E-state index contributed by atoms with van der Waals surface area (Å²) in [7, 11) is 1.84. The van der Waals surface area contributed by atoms with Gasteiger partial charge in [-0.15, -0.1) is 11.3 Å². The first-order valence-corrected chi connectivity index (χ1v) is 8.42. The summed E-state index contributed by atoms with van der Waals surface area (Å²) >= 11 is 1.55. The molecule has 22 heavy (non-hydrogen) atoms. The molecule has 0 radical (unpaired) electrons. The molecular weight excluding hydrogens is 296 g/mol. The number of hydrogen-bond donors (Lipinski definition) is 0. The monoisotopic (exact) mass is 316 g/mol. The van der Waals surface area contributed by atoms with Crippen LogP contribution in [-0.4, -0.2) is 42.6 Å². The Hall–Kier alpha value is -1.72. The predicted octanol–water partition coefficient (Wildman–Crippen LogP) is 2.84. The van der Waals surface area contributed by atoms with Crippen LogP contribution in [0.4, 0.5) is 0 Å². The third kappa shape index (κ3) is 3.72. The second-order valence-electron chi connectivity index (χ2n) is 5.70. The molecule has 1 saturated heterocycles. The highest BCUT2D eigenvalue weighted by atomic mass is 32.1. The van der Waals surface area contributed by atoms with E-state index in [9.17, 15) is 4.79 Å². The van der Waals surface area contributed by atoms with Crippen molar-refractivity contribution in [2.24, 2.45) is 5.92 Å². The normalized spacial score (nSPS) is 17.6. The highest BCUT2D eigenvalue weighted by Gasteiger charge is 2.22. The summed E-state index contributed by atoms with van der Waals surface area (Å²) in [6.45, 7) is 2.31. The number of hydrogen-bond acceptors (Lipinski definition) is 4. The first kappa shape index (κ1) is 15.2. The Kier molecular flexibility index (Phi) is 4.85. The van der Waals surface area contributed by atoms with Gasteiger partial charge in [0.1, 0.15) is 5.69 Å². The van der Waals surface area contributed by atoms with E-state index in [4.69, 9.17) is 4.74 Å². The minimum atomic E-state index is 0.00228. The molecule has 1 aliphatic heterocycles. The molecule has 1 aromatic heterocycles. The van der Waals surface area contributed by atoms with Crippen molar-refractivity contribution in [3.8, 4) is 0 Å². The molecular formula is C17H20N2O2S. The van der Waals surface area contributed by atoms with E-state index in [2.05, 4.69) is 17.1 Å². The number of nitrogens with zero attached hydrogens (tertiary/aromatic N) is 2. The van der Waals surface area contributed by atoms with Crippen LogP contribution in [0.25, 0.3) is 0 Å². The number of carbonyl (C=O) groups excluding carboxylic acids is 1. The van der Waals surface area contributed by atoms with Crippen molar-refractivity contribution in [2.45, 2.75) is 12.8 Å². The molecule has 3 rings (SSSR count). The number of ether oxygens (including phenoxy) is 1. The van der Waals surface area contributed by atoms with Crippen molar-refractivity contribution < 1.29 is 9.53 Å². The fourth-order valence-electron chi connectivity index (χ4n) is 2.65. The van der Waals surface area contributed by atoms with Crippen LogP contribution in [0.1, 0.15) is 27.5 Å². The van der Waals surface area contributed by atoms with Crippen molar-refractivity contribution in [1.82, 2.24) is 9.88 Å².